The molecule has 0 saturated heterocycles. The van der Waals surface area contributed by atoms with Crippen LogP contribution in [0.2, 0.25) is 0 Å². The molecule has 6 nitrogen and oxygen atoms in total. The molecule has 1 saturated carbocycles. The van der Waals surface area contributed by atoms with E-state index in [1.807, 2.05) is 56.0 Å². The van der Waals surface area contributed by atoms with Gasteiger partial charge in [-0.3, -0.25) is 9.59 Å². The van der Waals surface area contributed by atoms with Gasteiger partial charge < -0.3 is 20.1 Å². The van der Waals surface area contributed by atoms with Gasteiger partial charge in [-0.1, -0.05) is 88.2 Å². The molecule has 1 aliphatic rings. The Kier molecular flexibility index (Phi) is 10.1. The maximum absolute atomic E-state index is 13.3. The summed E-state index contributed by atoms with van der Waals surface area (Å²) in [5.74, 6) is 0.129. The number of benzene rings is 2. The quantitative estimate of drug-likeness (QED) is 0.496. The summed E-state index contributed by atoms with van der Waals surface area (Å²) in [5.41, 5.74) is 2.67. The predicted molar refractivity (Wildman–Crippen MR) is 142 cm³/mol. The molecule has 0 aromatic heterocycles. The minimum Gasteiger partial charge on any atom is -0.394 e. The van der Waals surface area contributed by atoms with Gasteiger partial charge in [-0.05, 0) is 35.4 Å². The standard InChI is InChI=1S/C30H42N2O4/c1-30(2,3)29(35)32(18-19-36-4)20-22-14-16-23(17-15-22)25-12-8-9-13-26(25)28(34)31-27(21-33)24-10-6-5-7-11-24/h5-7,10-11,14-17,25-27,33H,8-9,12-13,18-21H2,1-4H3,(H,31,34). The van der Waals surface area contributed by atoms with Crippen LogP contribution < -0.4 is 5.32 Å². The number of hydrogen-bond donors (Lipinski definition) is 2. The van der Waals surface area contributed by atoms with Gasteiger partial charge in [0.2, 0.25) is 11.8 Å². The molecule has 2 N–H and O–H groups in total. The van der Waals surface area contributed by atoms with Crippen molar-refractivity contribution in [1.29, 1.82) is 0 Å². The second-order valence-electron chi connectivity index (χ2n) is 10.9. The summed E-state index contributed by atoms with van der Waals surface area (Å²) in [5, 5.41) is 13.0. The van der Waals surface area contributed by atoms with Gasteiger partial charge in [-0.25, -0.2) is 0 Å². The minimum absolute atomic E-state index is 0.00759. The van der Waals surface area contributed by atoms with Gasteiger partial charge in [0, 0.05) is 31.5 Å². The van der Waals surface area contributed by atoms with E-state index in [9.17, 15) is 14.7 Å². The molecule has 196 valence electrons. The van der Waals surface area contributed by atoms with Gasteiger partial charge in [0.15, 0.2) is 0 Å². The normalized spacial score (nSPS) is 18.9. The second-order valence-corrected chi connectivity index (χ2v) is 10.9. The number of nitrogens with zero attached hydrogens (tertiary/aromatic N) is 1. The number of carbonyl (C=O) groups excluding carboxylic acids is 2. The SMILES string of the molecule is COCCN(Cc1ccc(C2CCCCC2C(=O)NC(CO)c2ccccc2)cc1)C(=O)C(C)(C)C. The van der Waals surface area contributed by atoms with Crippen LogP contribution >= 0.6 is 0 Å². The van der Waals surface area contributed by atoms with Crippen LogP contribution in [0.1, 0.15) is 75.1 Å². The van der Waals surface area contributed by atoms with Gasteiger partial charge in [-0.15, -0.1) is 0 Å². The summed E-state index contributed by atoms with van der Waals surface area (Å²) in [6.45, 7) is 7.25. The number of hydrogen-bond acceptors (Lipinski definition) is 4. The van der Waals surface area contributed by atoms with E-state index in [0.717, 1.165) is 42.4 Å². The molecule has 1 aliphatic carbocycles. The number of amides is 2. The Labute approximate surface area is 216 Å². The average Bonchev–Trinajstić information content (AvgIpc) is 2.89. The number of aliphatic hydroxyl groups is 1. The maximum atomic E-state index is 13.3. The fraction of sp³-hybridized carbons (Fsp3) is 0.533. The van der Waals surface area contributed by atoms with Crippen molar-refractivity contribution < 1.29 is 19.4 Å². The highest BCUT2D eigenvalue weighted by molar-refractivity contribution is 5.81. The van der Waals surface area contributed by atoms with E-state index in [1.165, 1.54) is 0 Å². The Morgan fingerprint density at radius 1 is 1.06 bits per heavy atom. The minimum atomic E-state index is -0.456. The maximum Gasteiger partial charge on any atom is 0.228 e. The Morgan fingerprint density at radius 2 is 1.72 bits per heavy atom. The molecule has 0 aliphatic heterocycles. The molecule has 1 fully saturated rings. The highest BCUT2D eigenvalue weighted by Gasteiger charge is 2.33. The Hall–Kier alpha value is -2.70. The molecule has 2 aromatic rings. The van der Waals surface area contributed by atoms with Crippen molar-refractivity contribution in [2.75, 3.05) is 26.9 Å². The molecule has 0 bridgehead atoms. The summed E-state index contributed by atoms with van der Waals surface area (Å²) in [4.78, 5) is 28.1. The predicted octanol–water partition coefficient (Wildman–Crippen LogP) is 4.83. The molecule has 0 radical (unpaired) electrons. The molecule has 6 heteroatoms. The van der Waals surface area contributed by atoms with Crippen LogP contribution in [0.4, 0.5) is 0 Å². The van der Waals surface area contributed by atoms with Crippen molar-refractivity contribution in [2.45, 2.75) is 65.0 Å². The lowest BCUT2D eigenvalue weighted by molar-refractivity contribution is -0.140. The first kappa shape index (κ1) is 27.9. The molecule has 0 spiro atoms. The van der Waals surface area contributed by atoms with Crippen LogP contribution in [-0.2, 0) is 20.9 Å². The zero-order valence-electron chi connectivity index (χ0n) is 22.2. The van der Waals surface area contributed by atoms with E-state index in [1.54, 1.807) is 7.11 Å². The molecular weight excluding hydrogens is 452 g/mol. The molecule has 3 rings (SSSR count). The molecule has 0 heterocycles. The summed E-state index contributed by atoms with van der Waals surface area (Å²) in [7, 11) is 1.65. The van der Waals surface area contributed by atoms with Gasteiger partial charge in [0.1, 0.15) is 0 Å². The lowest BCUT2D eigenvalue weighted by Crippen LogP contribution is -2.40. The van der Waals surface area contributed by atoms with Gasteiger partial charge in [-0.2, -0.15) is 0 Å². The van der Waals surface area contributed by atoms with Crippen molar-refractivity contribution in [2.24, 2.45) is 11.3 Å². The third-order valence-corrected chi connectivity index (χ3v) is 7.08. The van der Waals surface area contributed by atoms with Crippen LogP contribution in [0.3, 0.4) is 0 Å². The van der Waals surface area contributed by atoms with E-state index in [4.69, 9.17) is 4.74 Å². The van der Waals surface area contributed by atoms with Crippen molar-refractivity contribution in [1.82, 2.24) is 10.2 Å². The Bertz CT molecular complexity index is 969. The molecule has 3 atom stereocenters. The number of aliphatic hydroxyl groups excluding tert-OH is 1. The Morgan fingerprint density at radius 3 is 2.33 bits per heavy atom. The van der Waals surface area contributed by atoms with Gasteiger partial charge in [0.05, 0.1) is 19.3 Å². The third-order valence-electron chi connectivity index (χ3n) is 7.08. The fourth-order valence-corrected chi connectivity index (χ4v) is 5.06. The number of nitrogens with one attached hydrogen (secondary N) is 1. The number of rotatable bonds is 10. The molecule has 2 aromatic carbocycles. The largest absolute Gasteiger partial charge is 0.394 e. The van der Waals surface area contributed by atoms with E-state index < -0.39 is 11.5 Å². The van der Waals surface area contributed by atoms with E-state index >= 15 is 0 Å². The molecule has 36 heavy (non-hydrogen) atoms. The first-order chi connectivity index (χ1) is 17.2. The number of carbonyl (C=O) groups is 2. The first-order valence-electron chi connectivity index (χ1n) is 13.1. The summed E-state index contributed by atoms with van der Waals surface area (Å²) in [6, 6.07) is 17.6. The van der Waals surface area contributed by atoms with Crippen LogP contribution in [0.15, 0.2) is 54.6 Å². The summed E-state index contributed by atoms with van der Waals surface area (Å²) in [6.07, 6.45) is 3.94. The van der Waals surface area contributed by atoms with Crippen LogP contribution in [0, 0.1) is 11.3 Å². The fourth-order valence-electron chi connectivity index (χ4n) is 5.06. The van der Waals surface area contributed by atoms with E-state index in [2.05, 4.69) is 29.6 Å². The van der Waals surface area contributed by atoms with Crippen molar-refractivity contribution in [3.63, 3.8) is 0 Å². The lowest BCUT2D eigenvalue weighted by Gasteiger charge is -2.32. The zero-order valence-corrected chi connectivity index (χ0v) is 22.2. The van der Waals surface area contributed by atoms with Crippen LogP contribution in [0.25, 0.3) is 0 Å². The smallest absolute Gasteiger partial charge is 0.228 e. The number of methoxy groups -OCH3 is 1. The Balaban J connectivity index is 1.71. The molecular formula is C30H42N2O4. The first-order valence-corrected chi connectivity index (χ1v) is 13.1. The van der Waals surface area contributed by atoms with E-state index in [0.29, 0.717) is 19.7 Å². The number of ether oxygens (including phenoxy) is 1. The topological polar surface area (TPSA) is 78.9 Å². The van der Waals surface area contributed by atoms with Crippen LogP contribution in [0.5, 0.6) is 0 Å². The van der Waals surface area contributed by atoms with Crippen molar-refractivity contribution in [3.05, 3.63) is 71.3 Å². The second kappa shape index (κ2) is 13.0. The monoisotopic (exact) mass is 494 g/mol. The third kappa shape index (κ3) is 7.40. The average molecular weight is 495 g/mol. The van der Waals surface area contributed by atoms with E-state index in [-0.39, 0.29) is 30.3 Å². The van der Waals surface area contributed by atoms with Crippen LogP contribution in [-0.4, -0.2) is 48.7 Å². The summed E-state index contributed by atoms with van der Waals surface area (Å²) < 4.78 is 5.22. The van der Waals surface area contributed by atoms with Gasteiger partial charge in [0.25, 0.3) is 0 Å². The van der Waals surface area contributed by atoms with Crippen molar-refractivity contribution >= 4 is 11.8 Å². The summed E-state index contributed by atoms with van der Waals surface area (Å²) >= 11 is 0. The highest BCUT2D eigenvalue weighted by Crippen LogP contribution is 2.38. The zero-order chi connectivity index (χ0) is 26.1. The molecule has 2 amide bonds. The molecule has 3 unspecified atom stereocenters. The van der Waals surface area contributed by atoms with Crippen molar-refractivity contribution in [3.8, 4) is 0 Å². The van der Waals surface area contributed by atoms with Gasteiger partial charge >= 0.3 is 0 Å². The lowest BCUT2D eigenvalue weighted by atomic mass is 9.74. The highest BCUT2D eigenvalue weighted by atomic mass is 16.5.